The third-order valence-electron chi connectivity index (χ3n) is 3.87. The third-order valence-corrected chi connectivity index (χ3v) is 4.51. The minimum atomic E-state index is 0.0424. The van der Waals surface area contributed by atoms with Gasteiger partial charge in [0.15, 0.2) is 0 Å². The Morgan fingerprint density at radius 3 is 2.67 bits per heavy atom. The Balaban J connectivity index is 2.10. The van der Waals surface area contributed by atoms with E-state index in [0.29, 0.717) is 6.54 Å². The lowest BCUT2D eigenvalue weighted by atomic mass is 9.82. The van der Waals surface area contributed by atoms with Gasteiger partial charge in [0.05, 0.1) is 23.4 Å². The molecule has 0 saturated carbocycles. The summed E-state index contributed by atoms with van der Waals surface area (Å²) in [6, 6.07) is 0. The lowest BCUT2D eigenvalue weighted by Crippen LogP contribution is -2.58. The van der Waals surface area contributed by atoms with Gasteiger partial charge >= 0.3 is 0 Å². The monoisotopic (exact) mass is 269 g/mol. The zero-order valence-corrected chi connectivity index (χ0v) is 12.2. The molecule has 1 aromatic rings. The molecule has 2 N–H and O–H groups in total. The first-order chi connectivity index (χ1) is 8.55. The Labute approximate surface area is 113 Å². The topological polar surface area (TPSA) is 51.4 Å². The molecule has 1 aliphatic rings. The molecule has 2 rings (SSSR count). The maximum Gasteiger partial charge on any atom is 0.0795 e. The van der Waals surface area contributed by atoms with E-state index in [1.165, 1.54) is 0 Å². The lowest BCUT2D eigenvalue weighted by molar-refractivity contribution is -0.0995. The standard InChI is InChI=1S/C13H23N3OS/c1-10-4-13(8-14,5-11(2)17-10)16(3)6-12-7-18-9-15-12/h7,9-11H,4-6,8,14H2,1-3H3. The fourth-order valence-electron chi connectivity index (χ4n) is 3.01. The molecule has 5 heteroatoms. The summed E-state index contributed by atoms with van der Waals surface area (Å²) in [5, 5.41) is 2.10. The van der Waals surface area contributed by atoms with Crippen LogP contribution >= 0.6 is 11.3 Å². The van der Waals surface area contributed by atoms with Gasteiger partial charge in [0.2, 0.25) is 0 Å². The highest BCUT2D eigenvalue weighted by molar-refractivity contribution is 7.07. The van der Waals surface area contributed by atoms with Crippen LogP contribution in [0, 0.1) is 0 Å². The van der Waals surface area contributed by atoms with Gasteiger partial charge in [0.1, 0.15) is 0 Å². The SMILES string of the molecule is CC1CC(CN)(N(C)Cc2cscn2)CC(C)O1. The van der Waals surface area contributed by atoms with Crippen LogP contribution < -0.4 is 5.73 Å². The minimum Gasteiger partial charge on any atom is -0.375 e. The number of likely N-dealkylation sites (N-methyl/N-ethyl adjacent to an activating group) is 1. The van der Waals surface area contributed by atoms with Gasteiger partial charge in [-0.2, -0.15) is 0 Å². The largest absolute Gasteiger partial charge is 0.375 e. The fourth-order valence-corrected chi connectivity index (χ4v) is 3.56. The van der Waals surface area contributed by atoms with E-state index in [-0.39, 0.29) is 17.7 Å². The summed E-state index contributed by atoms with van der Waals surface area (Å²) < 4.78 is 5.83. The second kappa shape index (κ2) is 5.65. The molecule has 4 nitrogen and oxygen atoms in total. The number of rotatable bonds is 4. The van der Waals surface area contributed by atoms with Crippen LogP contribution in [0.15, 0.2) is 10.9 Å². The maximum absolute atomic E-state index is 6.08. The Hall–Kier alpha value is -0.490. The quantitative estimate of drug-likeness (QED) is 0.906. The molecule has 2 unspecified atom stereocenters. The van der Waals surface area contributed by atoms with E-state index in [2.05, 4.69) is 36.2 Å². The van der Waals surface area contributed by atoms with Crippen molar-refractivity contribution in [2.75, 3.05) is 13.6 Å². The molecule has 0 spiro atoms. The minimum absolute atomic E-state index is 0.0424. The van der Waals surface area contributed by atoms with E-state index >= 15 is 0 Å². The summed E-state index contributed by atoms with van der Waals surface area (Å²) in [4.78, 5) is 6.72. The number of ether oxygens (including phenoxy) is 1. The van der Waals surface area contributed by atoms with Crippen LogP contribution in [0.5, 0.6) is 0 Å². The highest BCUT2D eigenvalue weighted by atomic mass is 32.1. The van der Waals surface area contributed by atoms with Crippen LogP contribution in [0.1, 0.15) is 32.4 Å². The molecule has 0 radical (unpaired) electrons. The molecule has 2 heterocycles. The van der Waals surface area contributed by atoms with Crippen LogP contribution in [-0.4, -0.2) is 41.2 Å². The summed E-state index contributed by atoms with van der Waals surface area (Å²) in [6.45, 7) is 5.80. The number of aromatic nitrogens is 1. The van der Waals surface area contributed by atoms with Gasteiger partial charge < -0.3 is 10.5 Å². The van der Waals surface area contributed by atoms with Crippen LogP contribution in [0.2, 0.25) is 0 Å². The highest BCUT2D eigenvalue weighted by Crippen LogP contribution is 2.33. The summed E-state index contributed by atoms with van der Waals surface area (Å²) in [6.07, 6.45) is 2.54. The molecule has 0 amide bonds. The molecule has 102 valence electrons. The van der Waals surface area contributed by atoms with E-state index in [1.54, 1.807) is 11.3 Å². The molecule has 0 bridgehead atoms. The maximum atomic E-state index is 6.08. The van der Waals surface area contributed by atoms with Gasteiger partial charge in [-0.1, -0.05) is 0 Å². The molecular weight excluding hydrogens is 246 g/mol. The van der Waals surface area contributed by atoms with E-state index in [9.17, 15) is 0 Å². The Morgan fingerprint density at radius 2 is 2.17 bits per heavy atom. The molecule has 1 aromatic heterocycles. The molecule has 1 fully saturated rings. The summed E-state index contributed by atoms with van der Waals surface area (Å²) in [5.74, 6) is 0. The van der Waals surface area contributed by atoms with Crippen molar-refractivity contribution in [1.82, 2.24) is 9.88 Å². The smallest absolute Gasteiger partial charge is 0.0795 e. The number of nitrogens with two attached hydrogens (primary N) is 1. The predicted octanol–water partition coefficient (Wildman–Crippen LogP) is 1.86. The fraction of sp³-hybridized carbons (Fsp3) is 0.769. The zero-order valence-electron chi connectivity index (χ0n) is 11.4. The van der Waals surface area contributed by atoms with Crippen molar-refractivity contribution in [1.29, 1.82) is 0 Å². The number of nitrogens with zero attached hydrogens (tertiary/aromatic N) is 2. The van der Waals surface area contributed by atoms with Crippen LogP contribution in [0.3, 0.4) is 0 Å². The number of hydrogen-bond donors (Lipinski definition) is 1. The molecule has 0 aromatic carbocycles. The van der Waals surface area contributed by atoms with Gasteiger partial charge in [0, 0.05) is 24.0 Å². The first-order valence-corrected chi connectivity index (χ1v) is 7.44. The van der Waals surface area contributed by atoms with E-state index in [4.69, 9.17) is 10.5 Å². The van der Waals surface area contributed by atoms with E-state index in [1.807, 2.05) is 5.51 Å². The van der Waals surface area contributed by atoms with Gasteiger partial charge in [-0.3, -0.25) is 4.90 Å². The molecule has 2 atom stereocenters. The highest BCUT2D eigenvalue weighted by Gasteiger charge is 2.40. The third kappa shape index (κ3) is 2.91. The van der Waals surface area contributed by atoms with Crippen LogP contribution in [0.4, 0.5) is 0 Å². The van der Waals surface area contributed by atoms with Crippen molar-refractivity contribution in [2.45, 2.75) is 51.0 Å². The molecule has 1 aliphatic heterocycles. The summed E-state index contributed by atoms with van der Waals surface area (Å²) in [5.41, 5.74) is 9.13. The van der Waals surface area contributed by atoms with Gasteiger partial charge in [0.25, 0.3) is 0 Å². The number of thiazole rings is 1. The average molecular weight is 269 g/mol. The second-order valence-corrected chi connectivity index (χ2v) is 6.15. The van der Waals surface area contributed by atoms with Gasteiger partial charge in [-0.25, -0.2) is 4.98 Å². The molecule has 1 saturated heterocycles. The molecule has 18 heavy (non-hydrogen) atoms. The number of hydrogen-bond acceptors (Lipinski definition) is 5. The van der Waals surface area contributed by atoms with E-state index in [0.717, 1.165) is 25.1 Å². The van der Waals surface area contributed by atoms with Gasteiger partial charge in [-0.15, -0.1) is 11.3 Å². The Morgan fingerprint density at radius 1 is 1.50 bits per heavy atom. The normalized spacial score (nSPS) is 32.9. The van der Waals surface area contributed by atoms with Crippen molar-refractivity contribution in [3.8, 4) is 0 Å². The van der Waals surface area contributed by atoms with Crippen molar-refractivity contribution in [3.05, 3.63) is 16.6 Å². The first-order valence-electron chi connectivity index (χ1n) is 6.49. The van der Waals surface area contributed by atoms with Crippen molar-refractivity contribution in [2.24, 2.45) is 5.73 Å². The van der Waals surface area contributed by atoms with Crippen molar-refractivity contribution >= 4 is 11.3 Å². The molecular formula is C13H23N3OS. The van der Waals surface area contributed by atoms with Crippen LogP contribution in [0.25, 0.3) is 0 Å². The van der Waals surface area contributed by atoms with Crippen molar-refractivity contribution < 1.29 is 4.74 Å². The van der Waals surface area contributed by atoms with Gasteiger partial charge in [-0.05, 0) is 33.7 Å². The second-order valence-electron chi connectivity index (χ2n) is 5.43. The summed E-state index contributed by atoms with van der Waals surface area (Å²) >= 11 is 1.64. The van der Waals surface area contributed by atoms with Crippen molar-refractivity contribution in [3.63, 3.8) is 0 Å². The average Bonchev–Trinajstić information content (AvgIpc) is 2.80. The Bertz CT molecular complexity index is 358. The first kappa shape index (κ1) is 13.9. The predicted molar refractivity (Wildman–Crippen MR) is 74.6 cm³/mol. The van der Waals surface area contributed by atoms with E-state index < -0.39 is 0 Å². The zero-order chi connectivity index (χ0) is 13.2. The summed E-state index contributed by atoms with van der Waals surface area (Å²) in [7, 11) is 2.15. The lowest BCUT2D eigenvalue weighted by Gasteiger charge is -2.48. The molecule has 0 aliphatic carbocycles. The van der Waals surface area contributed by atoms with Crippen LogP contribution in [-0.2, 0) is 11.3 Å². The Kier molecular flexibility index (Phi) is 4.37.